The molecule has 2 rings (SSSR count). The second kappa shape index (κ2) is 10.9. The molecule has 0 saturated carbocycles. The number of benzene rings is 2. The van der Waals surface area contributed by atoms with E-state index in [-0.39, 0.29) is 25.2 Å². The molecule has 1 amide bonds. The number of rotatable bonds is 10. The van der Waals surface area contributed by atoms with Gasteiger partial charge in [0.1, 0.15) is 19.3 Å². The van der Waals surface area contributed by atoms with Crippen molar-refractivity contribution in [3.05, 3.63) is 60.2 Å². The molecule has 0 heterocycles. The van der Waals surface area contributed by atoms with Gasteiger partial charge in [-0.2, -0.15) is 0 Å². The lowest BCUT2D eigenvalue weighted by atomic mass is 10.2. The highest BCUT2D eigenvalue weighted by atomic mass is 16.6. The first-order chi connectivity index (χ1) is 13.1. The van der Waals surface area contributed by atoms with E-state index in [1.807, 2.05) is 18.2 Å². The predicted octanol–water partition coefficient (Wildman–Crippen LogP) is 2.56. The Balaban J connectivity index is 1.76. The van der Waals surface area contributed by atoms with E-state index in [2.05, 4.69) is 10.6 Å². The Hall–Kier alpha value is -2.90. The maximum atomic E-state index is 12.1. The third kappa shape index (κ3) is 7.08. The average molecular weight is 372 g/mol. The molecule has 0 saturated heterocycles. The van der Waals surface area contributed by atoms with Crippen LogP contribution in [0.25, 0.3) is 0 Å². The van der Waals surface area contributed by atoms with Crippen LogP contribution in [0.5, 0.6) is 0 Å². The van der Waals surface area contributed by atoms with Crippen molar-refractivity contribution >= 4 is 23.3 Å². The second-order valence-corrected chi connectivity index (χ2v) is 5.75. The molecule has 0 aliphatic heterocycles. The van der Waals surface area contributed by atoms with Crippen molar-refractivity contribution in [2.75, 3.05) is 44.6 Å². The van der Waals surface area contributed by atoms with E-state index in [1.54, 1.807) is 43.5 Å². The molecule has 7 heteroatoms. The number of amides is 1. The predicted molar refractivity (Wildman–Crippen MR) is 103 cm³/mol. The number of carbonyl (C=O) groups is 2. The van der Waals surface area contributed by atoms with Crippen molar-refractivity contribution in [3.8, 4) is 0 Å². The molecular weight excluding hydrogens is 348 g/mol. The van der Waals surface area contributed by atoms with Crippen LogP contribution in [0.15, 0.2) is 54.6 Å². The number of hydrogen-bond donors (Lipinski definition) is 2. The van der Waals surface area contributed by atoms with E-state index in [9.17, 15) is 9.59 Å². The summed E-state index contributed by atoms with van der Waals surface area (Å²) in [6.07, 6.45) is -0.286. The van der Waals surface area contributed by atoms with Gasteiger partial charge < -0.3 is 24.8 Å². The lowest BCUT2D eigenvalue weighted by Gasteiger charge is -2.14. The van der Waals surface area contributed by atoms with Gasteiger partial charge in [0.05, 0.1) is 6.61 Å². The van der Waals surface area contributed by atoms with Crippen LogP contribution in [0, 0.1) is 0 Å². The van der Waals surface area contributed by atoms with Gasteiger partial charge in [-0.3, -0.25) is 9.59 Å². The SMILES string of the molecule is COC[C@H](COC(=O)CNc1ccc(NC(=O)c2ccccc2)cc1)OC. The van der Waals surface area contributed by atoms with E-state index in [0.29, 0.717) is 17.9 Å². The number of hydrogen-bond acceptors (Lipinski definition) is 6. The van der Waals surface area contributed by atoms with Gasteiger partial charge in [-0.05, 0) is 36.4 Å². The van der Waals surface area contributed by atoms with Crippen LogP contribution in [-0.2, 0) is 19.0 Å². The number of esters is 1. The first kappa shape index (κ1) is 20.4. The van der Waals surface area contributed by atoms with Gasteiger partial charge in [0, 0.05) is 31.2 Å². The fraction of sp³-hybridized carbons (Fsp3) is 0.300. The van der Waals surface area contributed by atoms with E-state index in [0.717, 1.165) is 5.69 Å². The molecule has 0 unspecified atom stereocenters. The molecule has 0 fully saturated rings. The van der Waals surface area contributed by atoms with Crippen molar-refractivity contribution in [3.63, 3.8) is 0 Å². The highest BCUT2D eigenvalue weighted by molar-refractivity contribution is 6.04. The lowest BCUT2D eigenvalue weighted by molar-refractivity contribution is -0.146. The zero-order chi connectivity index (χ0) is 19.5. The quantitative estimate of drug-likeness (QED) is 0.624. The highest BCUT2D eigenvalue weighted by Gasteiger charge is 2.11. The number of methoxy groups -OCH3 is 2. The van der Waals surface area contributed by atoms with Crippen molar-refractivity contribution in [2.24, 2.45) is 0 Å². The average Bonchev–Trinajstić information content (AvgIpc) is 2.71. The third-order valence-corrected chi connectivity index (χ3v) is 3.73. The first-order valence-electron chi connectivity index (χ1n) is 8.50. The summed E-state index contributed by atoms with van der Waals surface area (Å²) in [6, 6.07) is 16.0. The summed E-state index contributed by atoms with van der Waals surface area (Å²) in [4.78, 5) is 23.9. The number of nitrogens with one attached hydrogen (secondary N) is 2. The molecular formula is C20H24N2O5. The fourth-order valence-electron chi connectivity index (χ4n) is 2.25. The number of anilines is 2. The Morgan fingerprint density at radius 3 is 2.22 bits per heavy atom. The van der Waals surface area contributed by atoms with E-state index >= 15 is 0 Å². The van der Waals surface area contributed by atoms with Crippen LogP contribution in [0.3, 0.4) is 0 Å². The Bertz CT molecular complexity index is 719. The van der Waals surface area contributed by atoms with E-state index in [4.69, 9.17) is 14.2 Å². The molecule has 2 N–H and O–H groups in total. The Morgan fingerprint density at radius 1 is 0.926 bits per heavy atom. The summed E-state index contributed by atoms with van der Waals surface area (Å²) in [5, 5.41) is 5.79. The molecule has 0 bridgehead atoms. The van der Waals surface area contributed by atoms with Gasteiger partial charge in [-0.1, -0.05) is 18.2 Å². The topological polar surface area (TPSA) is 85.9 Å². The third-order valence-electron chi connectivity index (χ3n) is 3.73. The summed E-state index contributed by atoms with van der Waals surface area (Å²) in [7, 11) is 3.09. The minimum Gasteiger partial charge on any atom is -0.462 e. The van der Waals surface area contributed by atoms with E-state index < -0.39 is 5.97 Å². The van der Waals surface area contributed by atoms with Crippen LogP contribution in [0.1, 0.15) is 10.4 Å². The molecule has 2 aromatic rings. The molecule has 0 aliphatic carbocycles. The zero-order valence-electron chi connectivity index (χ0n) is 15.4. The highest BCUT2D eigenvalue weighted by Crippen LogP contribution is 2.14. The summed E-state index contributed by atoms with van der Waals surface area (Å²) >= 11 is 0. The Kier molecular flexibility index (Phi) is 8.28. The first-order valence-corrected chi connectivity index (χ1v) is 8.50. The monoisotopic (exact) mass is 372 g/mol. The standard InChI is InChI=1S/C20H24N2O5/c1-25-13-18(26-2)14-27-19(23)12-21-16-8-10-17(11-9-16)22-20(24)15-6-4-3-5-7-15/h3-11,18,21H,12-14H2,1-2H3,(H,22,24)/t18-/m1/s1. The minimum atomic E-state index is -0.394. The number of ether oxygens (including phenoxy) is 3. The lowest BCUT2D eigenvalue weighted by Crippen LogP contribution is -2.27. The summed E-state index contributed by atoms with van der Waals surface area (Å²) in [6.45, 7) is 0.516. The largest absolute Gasteiger partial charge is 0.462 e. The molecule has 27 heavy (non-hydrogen) atoms. The van der Waals surface area contributed by atoms with Gasteiger partial charge in [-0.25, -0.2) is 0 Å². The summed E-state index contributed by atoms with van der Waals surface area (Å²) < 4.78 is 15.2. The Labute approximate surface area is 158 Å². The normalized spacial score (nSPS) is 11.5. The molecule has 7 nitrogen and oxygen atoms in total. The van der Waals surface area contributed by atoms with Crippen LogP contribution in [0.4, 0.5) is 11.4 Å². The van der Waals surface area contributed by atoms with Gasteiger partial charge in [0.2, 0.25) is 0 Å². The van der Waals surface area contributed by atoms with Gasteiger partial charge in [-0.15, -0.1) is 0 Å². The Morgan fingerprint density at radius 2 is 1.59 bits per heavy atom. The van der Waals surface area contributed by atoms with Crippen LogP contribution in [-0.4, -0.2) is 52.0 Å². The molecule has 144 valence electrons. The molecule has 0 aliphatic rings. The molecule has 0 radical (unpaired) electrons. The second-order valence-electron chi connectivity index (χ2n) is 5.75. The molecule has 1 atom stereocenters. The van der Waals surface area contributed by atoms with E-state index in [1.165, 1.54) is 7.11 Å². The van der Waals surface area contributed by atoms with Crippen molar-refractivity contribution < 1.29 is 23.8 Å². The van der Waals surface area contributed by atoms with Crippen LogP contribution < -0.4 is 10.6 Å². The number of carbonyl (C=O) groups excluding carboxylic acids is 2. The molecule has 2 aromatic carbocycles. The smallest absolute Gasteiger partial charge is 0.325 e. The van der Waals surface area contributed by atoms with Gasteiger partial charge in [0.25, 0.3) is 5.91 Å². The molecule has 0 aromatic heterocycles. The van der Waals surface area contributed by atoms with Crippen molar-refractivity contribution in [2.45, 2.75) is 6.10 Å². The minimum absolute atomic E-state index is 0.0269. The molecule has 0 spiro atoms. The van der Waals surface area contributed by atoms with Crippen LogP contribution in [0.2, 0.25) is 0 Å². The zero-order valence-corrected chi connectivity index (χ0v) is 15.4. The van der Waals surface area contributed by atoms with Gasteiger partial charge in [0.15, 0.2) is 0 Å². The maximum Gasteiger partial charge on any atom is 0.325 e. The summed E-state index contributed by atoms with van der Waals surface area (Å²) in [5.41, 5.74) is 2.00. The maximum absolute atomic E-state index is 12.1. The van der Waals surface area contributed by atoms with Crippen molar-refractivity contribution in [1.29, 1.82) is 0 Å². The summed E-state index contributed by atoms with van der Waals surface area (Å²) in [5.74, 6) is -0.571. The van der Waals surface area contributed by atoms with Crippen LogP contribution >= 0.6 is 0 Å². The fourth-order valence-corrected chi connectivity index (χ4v) is 2.25. The van der Waals surface area contributed by atoms with Gasteiger partial charge >= 0.3 is 5.97 Å². The van der Waals surface area contributed by atoms with Crippen molar-refractivity contribution in [1.82, 2.24) is 0 Å².